The SMILES string of the molecule is CS(=O)(=O)c1ccc(C2=C(c3ccc(O)cc3)Cc3ccccc3O2)cc1. The standard InChI is InChI=1S/C22H18O4S/c1-27(24,25)19-12-8-16(9-13-19)22-20(15-6-10-18(23)11-7-15)14-17-4-2-3-5-21(17)26-22/h2-13,23H,14H2,1H3. The number of phenols is 1. The molecule has 0 bridgehead atoms. The quantitative estimate of drug-likeness (QED) is 0.738. The third-order valence-corrected chi connectivity index (χ3v) is 5.71. The molecule has 0 spiro atoms. The average molecular weight is 378 g/mol. The third kappa shape index (κ3) is 3.46. The maximum Gasteiger partial charge on any atom is 0.175 e. The van der Waals surface area contributed by atoms with E-state index in [9.17, 15) is 13.5 Å². The first-order chi connectivity index (χ1) is 12.9. The fourth-order valence-corrected chi connectivity index (χ4v) is 3.80. The fourth-order valence-electron chi connectivity index (χ4n) is 3.17. The van der Waals surface area contributed by atoms with Crippen LogP contribution >= 0.6 is 0 Å². The molecule has 4 rings (SSSR count). The number of ether oxygens (including phenoxy) is 1. The van der Waals surface area contributed by atoms with Gasteiger partial charge in [-0.15, -0.1) is 0 Å². The number of fused-ring (bicyclic) bond motifs is 1. The Morgan fingerprint density at radius 1 is 0.852 bits per heavy atom. The van der Waals surface area contributed by atoms with Crippen molar-refractivity contribution in [3.63, 3.8) is 0 Å². The van der Waals surface area contributed by atoms with Gasteiger partial charge in [-0.05, 0) is 53.6 Å². The monoisotopic (exact) mass is 378 g/mol. The molecule has 1 aliphatic heterocycles. The van der Waals surface area contributed by atoms with Crippen molar-refractivity contribution in [1.82, 2.24) is 0 Å². The second kappa shape index (κ2) is 6.59. The molecule has 1 heterocycles. The largest absolute Gasteiger partial charge is 0.508 e. The van der Waals surface area contributed by atoms with Crippen LogP contribution in [0.3, 0.4) is 0 Å². The van der Waals surface area contributed by atoms with Gasteiger partial charge < -0.3 is 9.84 Å². The smallest absolute Gasteiger partial charge is 0.175 e. The zero-order chi connectivity index (χ0) is 19.0. The molecule has 1 aliphatic rings. The van der Waals surface area contributed by atoms with Gasteiger partial charge in [0.25, 0.3) is 0 Å². The van der Waals surface area contributed by atoms with Gasteiger partial charge in [0.05, 0.1) is 4.90 Å². The number of hydrogen-bond acceptors (Lipinski definition) is 4. The highest BCUT2D eigenvalue weighted by Gasteiger charge is 2.22. The topological polar surface area (TPSA) is 63.6 Å². The Hall–Kier alpha value is -3.05. The zero-order valence-electron chi connectivity index (χ0n) is 14.7. The first-order valence-corrected chi connectivity index (χ1v) is 10.4. The molecule has 0 aromatic heterocycles. The molecule has 0 saturated heterocycles. The van der Waals surface area contributed by atoms with Gasteiger partial charge in [0, 0.05) is 23.8 Å². The number of phenolic OH excluding ortho intramolecular Hbond substituents is 1. The summed E-state index contributed by atoms with van der Waals surface area (Å²) in [4.78, 5) is 0.272. The molecule has 4 nitrogen and oxygen atoms in total. The van der Waals surface area contributed by atoms with Crippen LogP contribution in [0.2, 0.25) is 0 Å². The molecule has 0 amide bonds. The van der Waals surface area contributed by atoms with Crippen molar-refractivity contribution in [2.45, 2.75) is 11.3 Å². The minimum Gasteiger partial charge on any atom is -0.508 e. The lowest BCUT2D eigenvalue weighted by Crippen LogP contribution is -2.09. The Labute approximate surface area is 158 Å². The molecule has 3 aromatic carbocycles. The normalized spacial score (nSPS) is 13.8. The molecular formula is C22H18O4S. The molecule has 0 aliphatic carbocycles. The van der Waals surface area contributed by atoms with Crippen LogP contribution in [0.25, 0.3) is 11.3 Å². The van der Waals surface area contributed by atoms with Crippen LogP contribution in [-0.4, -0.2) is 19.8 Å². The predicted octanol–water partition coefficient (Wildman–Crippen LogP) is 4.30. The number of hydrogen-bond donors (Lipinski definition) is 1. The number of aromatic hydroxyl groups is 1. The summed E-state index contributed by atoms with van der Waals surface area (Å²) >= 11 is 0. The molecule has 136 valence electrons. The van der Waals surface area contributed by atoms with Gasteiger partial charge in [-0.2, -0.15) is 0 Å². The maximum atomic E-state index is 11.7. The van der Waals surface area contributed by atoms with E-state index in [4.69, 9.17) is 4.74 Å². The minimum atomic E-state index is -3.25. The van der Waals surface area contributed by atoms with E-state index < -0.39 is 9.84 Å². The van der Waals surface area contributed by atoms with Gasteiger partial charge in [-0.25, -0.2) is 8.42 Å². The second-order valence-corrected chi connectivity index (χ2v) is 8.55. The van der Waals surface area contributed by atoms with Crippen molar-refractivity contribution in [3.05, 3.63) is 89.5 Å². The summed E-state index contributed by atoms with van der Waals surface area (Å²) < 4.78 is 29.7. The number of benzene rings is 3. The van der Waals surface area contributed by atoms with Crippen LogP contribution in [-0.2, 0) is 16.3 Å². The summed E-state index contributed by atoms with van der Waals surface area (Å²) in [6.07, 6.45) is 1.88. The lowest BCUT2D eigenvalue weighted by molar-refractivity contribution is 0.475. The van der Waals surface area contributed by atoms with E-state index in [1.807, 2.05) is 36.4 Å². The molecule has 5 heteroatoms. The van der Waals surface area contributed by atoms with Crippen molar-refractivity contribution in [2.75, 3.05) is 6.26 Å². The zero-order valence-corrected chi connectivity index (χ0v) is 15.5. The van der Waals surface area contributed by atoms with E-state index in [0.29, 0.717) is 12.2 Å². The Morgan fingerprint density at radius 2 is 1.48 bits per heavy atom. The predicted molar refractivity (Wildman–Crippen MR) is 105 cm³/mol. The lowest BCUT2D eigenvalue weighted by atomic mass is 9.92. The van der Waals surface area contributed by atoms with Gasteiger partial charge >= 0.3 is 0 Å². The highest BCUT2D eigenvalue weighted by Crippen LogP contribution is 2.39. The van der Waals surface area contributed by atoms with Gasteiger partial charge in [0.2, 0.25) is 0 Å². The van der Waals surface area contributed by atoms with Gasteiger partial charge in [0.15, 0.2) is 9.84 Å². The average Bonchev–Trinajstić information content (AvgIpc) is 2.67. The molecule has 0 atom stereocenters. The highest BCUT2D eigenvalue weighted by atomic mass is 32.2. The van der Waals surface area contributed by atoms with E-state index in [0.717, 1.165) is 28.0 Å². The van der Waals surface area contributed by atoms with E-state index >= 15 is 0 Å². The number of para-hydroxylation sites is 1. The van der Waals surface area contributed by atoms with Crippen LogP contribution in [0.15, 0.2) is 77.7 Å². The highest BCUT2D eigenvalue weighted by molar-refractivity contribution is 7.90. The van der Waals surface area contributed by atoms with E-state index in [2.05, 4.69) is 0 Å². The number of sulfone groups is 1. The molecule has 0 radical (unpaired) electrons. The molecule has 0 saturated carbocycles. The van der Waals surface area contributed by atoms with E-state index in [-0.39, 0.29) is 10.6 Å². The minimum absolute atomic E-state index is 0.204. The van der Waals surface area contributed by atoms with E-state index in [1.165, 1.54) is 6.26 Å². The van der Waals surface area contributed by atoms with Crippen LogP contribution in [0, 0.1) is 0 Å². The first kappa shape index (κ1) is 17.4. The summed E-state index contributed by atoms with van der Waals surface area (Å²) in [6.45, 7) is 0. The van der Waals surface area contributed by atoms with Crippen LogP contribution in [0.4, 0.5) is 0 Å². The van der Waals surface area contributed by atoms with Gasteiger partial charge in [-0.1, -0.05) is 30.3 Å². The summed E-state index contributed by atoms with van der Waals surface area (Å²) in [5.74, 6) is 1.69. The van der Waals surface area contributed by atoms with Gasteiger partial charge in [-0.3, -0.25) is 0 Å². The molecule has 27 heavy (non-hydrogen) atoms. The summed E-state index contributed by atoms with van der Waals surface area (Å²) in [7, 11) is -3.25. The first-order valence-electron chi connectivity index (χ1n) is 8.50. The molecule has 1 N–H and O–H groups in total. The Kier molecular flexibility index (Phi) is 4.24. The molecule has 0 fully saturated rings. The maximum absolute atomic E-state index is 11.7. The summed E-state index contributed by atoms with van der Waals surface area (Å²) in [5, 5.41) is 9.60. The van der Waals surface area contributed by atoms with Crippen molar-refractivity contribution < 1.29 is 18.3 Å². The number of allylic oxidation sites excluding steroid dienone is 1. The molecular weight excluding hydrogens is 360 g/mol. The van der Waals surface area contributed by atoms with Crippen LogP contribution < -0.4 is 4.74 Å². The summed E-state index contributed by atoms with van der Waals surface area (Å²) in [5.41, 5.74) is 3.82. The number of rotatable bonds is 3. The third-order valence-electron chi connectivity index (χ3n) is 4.59. The van der Waals surface area contributed by atoms with Crippen LogP contribution in [0.5, 0.6) is 11.5 Å². The Morgan fingerprint density at radius 3 is 2.15 bits per heavy atom. The van der Waals surface area contributed by atoms with Crippen molar-refractivity contribution >= 4 is 21.2 Å². The second-order valence-electron chi connectivity index (χ2n) is 6.54. The lowest BCUT2D eigenvalue weighted by Gasteiger charge is -2.24. The van der Waals surface area contributed by atoms with Crippen molar-refractivity contribution in [2.24, 2.45) is 0 Å². The van der Waals surface area contributed by atoms with Crippen LogP contribution in [0.1, 0.15) is 16.7 Å². The Balaban J connectivity index is 1.85. The van der Waals surface area contributed by atoms with Crippen molar-refractivity contribution in [3.8, 4) is 11.5 Å². The molecule has 0 unspecified atom stereocenters. The van der Waals surface area contributed by atoms with Crippen molar-refractivity contribution in [1.29, 1.82) is 0 Å². The summed E-state index contributed by atoms with van der Waals surface area (Å²) in [6, 6.07) is 21.6. The van der Waals surface area contributed by atoms with Gasteiger partial charge in [0.1, 0.15) is 17.3 Å². The fraction of sp³-hybridized carbons (Fsp3) is 0.0909. The van der Waals surface area contributed by atoms with E-state index in [1.54, 1.807) is 36.4 Å². The Bertz CT molecular complexity index is 1130. The molecule has 3 aromatic rings.